The lowest BCUT2D eigenvalue weighted by molar-refractivity contribution is 0.0653. The Morgan fingerprint density at radius 2 is 2.11 bits per heavy atom. The number of carbonyl (C=O) groups is 1. The number of halogens is 1. The van der Waals surface area contributed by atoms with Crippen LogP contribution in [0.1, 0.15) is 22.5 Å². The Kier molecular flexibility index (Phi) is 2.51. The molecule has 0 saturated carbocycles. The molecule has 0 unspecified atom stereocenters. The number of aromatic nitrogens is 1. The minimum atomic E-state index is -0.331. The van der Waals surface area contributed by atoms with Crippen molar-refractivity contribution in [3.05, 3.63) is 41.3 Å². The van der Waals surface area contributed by atoms with E-state index in [1.54, 1.807) is 17.0 Å². The Bertz CT molecular complexity index is 630. The summed E-state index contributed by atoms with van der Waals surface area (Å²) in [6.07, 6.45) is 1.06. The Morgan fingerprint density at radius 1 is 1.33 bits per heavy atom. The highest BCUT2D eigenvalue weighted by Gasteiger charge is 2.23. The van der Waals surface area contributed by atoms with E-state index in [-0.39, 0.29) is 11.7 Å². The van der Waals surface area contributed by atoms with Crippen molar-refractivity contribution in [2.24, 2.45) is 0 Å². The maximum atomic E-state index is 13.2. The smallest absolute Gasteiger partial charge is 0.254 e. The molecule has 1 fully saturated rings. The first kappa shape index (κ1) is 11.1. The number of rotatable bonds is 1. The Labute approximate surface area is 104 Å². The molecule has 1 aromatic heterocycles. The van der Waals surface area contributed by atoms with E-state index in [0.717, 1.165) is 30.6 Å². The quantitative estimate of drug-likeness (QED) is 0.772. The summed E-state index contributed by atoms with van der Waals surface area (Å²) < 4.78 is 13.2. The second kappa shape index (κ2) is 4.05. The summed E-state index contributed by atoms with van der Waals surface area (Å²) in [7, 11) is 0. The third-order valence-electron chi connectivity index (χ3n) is 3.27. The van der Waals surface area contributed by atoms with E-state index in [1.807, 2.05) is 6.92 Å². The average Bonchev–Trinajstić information content (AvgIpc) is 2.24. The highest BCUT2D eigenvalue weighted by molar-refractivity contribution is 6.06. The van der Waals surface area contributed by atoms with Gasteiger partial charge in [0.15, 0.2) is 0 Å². The normalized spacial score (nSPS) is 14.7. The molecule has 0 N–H and O–H groups in total. The standard InChI is InChI=1S/C14H13FN2O/c1-9-7-12(14(18)17-5-2-6-17)11-4-3-10(15)8-13(11)16-9/h3-4,7-8H,2,5-6H2,1H3. The van der Waals surface area contributed by atoms with Crippen LogP contribution in [0.25, 0.3) is 10.9 Å². The van der Waals surface area contributed by atoms with Gasteiger partial charge in [-0.3, -0.25) is 9.78 Å². The highest BCUT2D eigenvalue weighted by atomic mass is 19.1. The number of pyridine rings is 1. The summed E-state index contributed by atoms with van der Waals surface area (Å²) in [6, 6.07) is 6.15. The van der Waals surface area contributed by atoms with Crippen molar-refractivity contribution >= 4 is 16.8 Å². The third-order valence-corrected chi connectivity index (χ3v) is 3.27. The molecule has 0 bridgehead atoms. The van der Waals surface area contributed by atoms with Gasteiger partial charge in [-0.2, -0.15) is 0 Å². The van der Waals surface area contributed by atoms with Gasteiger partial charge >= 0.3 is 0 Å². The number of hydrogen-bond acceptors (Lipinski definition) is 2. The molecule has 1 saturated heterocycles. The molecule has 0 aliphatic carbocycles. The number of likely N-dealkylation sites (tertiary alicyclic amines) is 1. The fourth-order valence-electron chi connectivity index (χ4n) is 2.20. The van der Waals surface area contributed by atoms with Gasteiger partial charge < -0.3 is 4.90 Å². The molecule has 2 aromatic rings. The predicted molar refractivity (Wildman–Crippen MR) is 67.0 cm³/mol. The van der Waals surface area contributed by atoms with Crippen molar-refractivity contribution in [2.75, 3.05) is 13.1 Å². The van der Waals surface area contributed by atoms with Crippen molar-refractivity contribution in [2.45, 2.75) is 13.3 Å². The van der Waals surface area contributed by atoms with Crippen LogP contribution in [-0.2, 0) is 0 Å². The van der Waals surface area contributed by atoms with Gasteiger partial charge in [0.05, 0.1) is 11.1 Å². The van der Waals surface area contributed by atoms with Gasteiger partial charge in [0.1, 0.15) is 5.82 Å². The Hall–Kier alpha value is -1.97. The molecule has 0 atom stereocenters. The lowest BCUT2D eigenvalue weighted by Gasteiger charge is -2.31. The predicted octanol–water partition coefficient (Wildman–Crippen LogP) is 2.53. The van der Waals surface area contributed by atoms with Crippen molar-refractivity contribution in [3.8, 4) is 0 Å². The lowest BCUT2D eigenvalue weighted by Crippen LogP contribution is -2.42. The summed E-state index contributed by atoms with van der Waals surface area (Å²) in [6.45, 7) is 3.43. The number of fused-ring (bicyclic) bond motifs is 1. The van der Waals surface area contributed by atoms with Gasteiger partial charge in [0, 0.05) is 30.2 Å². The van der Waals surface area contributed by atoms with E-state index < -0.39 is 0 Å². The number of amides is 1. The van der Waals surface area contributed by atoms with Gasteiger partial charge in [-0.05, 0) is 31.5 Å². The average molecular weight is 244 g/mol. The number of aryl methyl sites for hydroxylation is 1. The SMILES string of the molecule is Cc1cc(C(=O)N2CCC2)c2ccc(F)cc2n1. The van der Waals surface area contributed by atoms with Crippen LogP contribution < -0.4 is 0 Å². The van der Waals surface area contributed by atoms with Gasteiger partial charge in [-0.25, -0.2) is 4.39 Å². The number of benzene rings is 1. The number of nitrogens with zero attached hydrogens (tertiary/aromatic N) is 2. The fourth-order valence-corrected chi connectivity index (χ4v) is 2.20. The molecule has 3 nitrogen and oxygen atoms in total. The first-order chi connectivity index (χ1) is 8.65. The van der Waals surface area contributed by atoms with E-state index >= 15 is 0 Å². The summed E-state index contributed by atoms with van der Waals surface area (Å²) in [5.41, 5.74) is 1.90. The maximum absolute atomic E-state index is 13.2. The molecule has 0 radical (unpaired) electrons. The van der Waals surface area contributed by atoms with Crippen LogP contribution in [0, 0.1) is 12.7 Å². The van der Waals surface area contributed by atoms with Crippen molar-refractivity contribution in [3.63, 3.8) is 0 Å². The summed E-state index contributed by atoms with van der Waals surface area (Å²) >= 11 is 0. The second-order valence-electron chi connectivity index (χ2n) is 4.62. The zero-order chi connectivity index (χ0) is 12.7. The molecule has 0 spiro atoms. The van der Waals surface area contributed by atoms with Crippen molar-refractivity contribution < 1.29 is 9.18 Å². The first-order valence-electron chi connectivity index (χ1n) is 6.01. The van der Waals surface area contributed by atoms with E-state index in [9.17, 15) is 9.18 Å². The first-order valence-corrected chi connectivity index (χ1v) is 6.01. The molecule has 1 amide bonds. The van der Waals surface area contributed by atoms with E-state index in [1.165, 1.54) is 12.1 Å². The van der Waals surface area contributed by atoms with Crippen LogP contribution >= 0.6 is 0 Å². The molecular formula is C14H13FN2O. The van der Waals surface area contributed by atoms with Crippen molar-refractivity contribution in [1.82, 2.24) is 9.88 Å². The van der Waals surface area contributed by atoms with E-state index in [4.69, 9.17) is 0 Å². The molecule has 1 aromatic carbocycles. The highest BCUT2D eigenvalue weighted by Crippen LogP contribution is 2.22. The fraction of sp³-hybridized carbons (Fsp3) is 0.286. The molecule has 2 heterocycles. The molecule has 1 aliphatic heterocycles. The summed E-state index contributed by atoms with van der Waals surface area (Å²) in [4.78, 5) is 18.4. The Morgan fingerprint density at radius 3 is 2.78 bits per heavy atom. The Balaban J connectivity index is 2.17. The van der Waals surface area contributed by atoms with Crippen LogP contribution in [0.4, 0.5) is 4.39 Å². The number of hydrogen-bond donors (Lipinski definition) is 0. The van der Waals surface area contributed by atoms with Gasteiger partial charge in [0.2, 0.25) is 0 Å². The van der Waals surface area contributed by atoms with Crippen LogP contribution in [0.3, 0.4) is 0 Å². The van der Waals surface area contributed by atoms with Crippen LogP contribution in [0.15, 0.2) is 24.3 Å². The van der Waals surface area contributed by atoms with Gasteiger partial charge in [-0.15, -0.1) is 0 Å². The van der Waals surface area contributed by atoms with Crippen molar-refractivity contribution in [1.29, 1.82) is 0 Å². The topological polar surface area (TPSA) is 33.2 Å². The third kappa shape index (κ3) is 1.74. The maximum Gasteiger partial charge on any atom is 0.254 e. The van der Waals surface area contributed by atoms with E-state index in [0.29, 0.717) is 11.1 Å². The molecule has 1 aliphatic rings. The molecule has 4 heteroatoms. The van der Waals surface area contributed by atoms with Crippen LogP contribution in [0.5, 0.6) is 0 Å². The second-order valence-corrected chi connectivity index (χ2v) is 4.62. The van der Waals surface area contributed by atoms with Crippen LogP contribution in [0.2, 0.25) is 0 Å². The molecular weight excluding hydrogens is 231 g/mol. The minimum Gasteiger partial charge on any atom is -0.338 e. The molecule has 18 heavy (non-hydrogen) atoms. The largest absolute Gasteiger partial charge is 0.338 e. The summed E-state index contributed by atoms with van der Waals surface area (Å²) in [5, 5.41) is 0.721. The van der Waals surface area contributed by atoms with Gasteiger partial charge in [0.25, 0.3) is 5.91 Å². The zero-order valence-electron chi connectivity index (χ0n) is 10.1. The molecule has 3 rings (SSSR count). The number of carbonyl (C=O) groups excluding carboxylic acids is 1. The lowest BCUT2D eigenvalue weighted by atomic mass is 10.0. The molecule has 92 valence electrons. The summed E-state index contributed by atoms with van der Waals surface area (Å²) in [5.74, 6) is -0.314. The van der Waals surface area contributed by atoms with Crippen LogP contribution in [-0.4, -0.2) is 28.9 Å². The zero-order valence-corrected chi connectivity index (χ0v) is 10.1. The monoisotopic (exact) mass is 244 g/mol. The van der Waals surface area contributed by atoms with Gasteiger partial charge in [-0.1, -0.05) is 0 Å². The van der Waals surface area contributed by atoms with E-state index in [2.05, 4.69) is 4.98 Å². The minimum absolute atomic E-state index is 0.0170.